The van der Waals surface area contributed by atoms with Gasteiger partial charge in [0.05, 0.1) is 11.0 Å². The van der Waals surface area contributed by atoms with E-state index in [1.54, 1.807) is 11.8 Å². The number of piperazine rings is 1. The Hall–Kier alpha value is -1.70. The van der Waals surface area contributed by atoms with Crippen LogP contribution in [0.15, 0.2) is 18.2 Å². The normalized spacial score (nSPS) is 20.3. The van der Waals surface area contributed by atoms with Crippen molar-refractivity contribution < 1.29 is 14.8 Å². The Balaban J connectivity index is 2.14. The minimum absolute atomic E-state index is 0.0481. The molecule has 23 heavy (non-hydrogen) atoms. The maximum Gasteiger partial charge on any atom is 0.271 e. The summed E-state index contributed by atoms with van der Waals surface area (Å²) in [5, 5.41) is 20.5. The lowest BCUT2D eigenvalue weighted by molar-refractivity contribution is -0.384. The van der Waals surface area contributed by atoms with Gasteiger partial charge in [0.25, 0.3) is 11.6 Å². The summed E-state index contributed by atoms with van der Waals surface area (Å²) in [6.45, 7) is 6.03. The van der Waals surface area contributed by atoms with Gasteiger partial charge in [0, 0.05) is 54.9 Å². The van der Waals surface area contributed by atoms with E-state index in [0.29, 0.717) is 26.2 Å². The summed E-state index contributed by atoms with van der Waals surface area (Å²) in [6, 6.07) is 3.88. The smallest absolute Gasteiger partial charge is 0.271 e. The maximum atomic E-state index is 12.6. The van der Waals surface area contributed by atoms with Crippen molar-refractivity contribution in [3.8, 4) is 0 Å². The van der Waals surface area contributed by atoms with Crippen LogP contribution >= 0.6 is 11.6 Å². The van der Waals surface area contributed by atoms with Crippen molar-refractivity contribution in [1.29, 1.82) is 0 Å². The van der Waals surface area contributed by atoms with Gasteiger partial charge in [0.1, 0.15) is 0 Å². The second-order valence-corrected chi connectivity index (χ2v) is 6.35. The second kappa shape index (κ2) is 7.25. The SMILES string of the molecule is C[C@H](O)CN1CCN(C(=O)c2cc(Cl)cc([N+](=O)[O-])c2)[C@@H](C)C1. The van der Waals surface area contributed by atoms with Gasteiger partial charge in [-0.05, 0) is 19.9 Å². The van der Waals surface area contributed by atoms with E-state index in [2.05, 4.69) is 4.90 Å². The lowest BCUT2D eigenvalue weighted by atomic mass is 10.1. The van der Waals surface area contributed by atoms with Crippen LogP contribution < -0.4 is 0 Å². The number of carbonyl (C=O) groups is 1. The number of rotatable bonds is 4. The van der Waals surface area contributed by atoms with E-state index >= 15 is 0 Å². The van der Waals surface area contributed by atoms with Gasteiger partial charge in [-0.1, -0.05) is 11.6 Å². The maximum absolute atomic E-state index is 12.6. The molecule has 0 bridgehead atoms. The Kier molecular flexibility index (Phi) is 5.56. The van der Waals surface area contributed by atoms with E-state index in [0.717, 1.165) is 0 Å². The number of hydrogen-bond donors (Lipinski definition) is 1. The molecule has 7 nitrogen and oxygen atoms in total. The fourth-order valence-corrected chi connectivity index (χ4v) is 3.07. The fraction of sp³-hybridized carbons (Fsp3) is 0.533. The molecule has 0 unspecified atom stereocenters. The molecule has 0 spiro atoms. The third-order valence-electron chi connectivity index (χ3n) is 3.84. The van der Waals surface area contributed by atoms with Crippen molar-refractivity contribution in [3.63, 3.8) is 0 Å². The first-order valence-corrected chi connectivity index (χ1v) is 7.82. The third-order valence-corrected chi connectivity index (χ3v) is 4.05. The molecule has 2 rings (SSSR count). The van der Waals surface area contributed by atoms with Crippen LogP contribution in [0.3, 0.4) is 0 Å². The Morgan fingerprint density at radius 2 is 2.17 bits per heavy atom. The summed E-state index contributed by atoms with van der Waals surface area (Å²) in [5.41, 5.74) is 0.0290. The highest BCUT2D eigenvalue weighted by Crippen LogP contribution is 2.23. The standard InChI is InChI=1S/C15H20ClN3O4/c1-10-8-17(9-11(2)20)3-4-18(10)15(21)12-5-13(16)7-14(6-12)19(22)23/h5-7,10-11,20H,3-4,8-9H2,1-2H3/t10-,11-/m0/s1. The fourth-order valence-electron chi connectivity index (χ4n) is 2.84. The molecule has 1 heterocycles. The minimum atomic E-state index is -0.563. The largest absolute Gasteiger partial charge is 0.392 e. The van der Waals surface area contributed by atoms with Crippen molar-refractivity contribution in [3.05, 3.63) is 38.9 Å². The van der Waals surface area contributed by atoms with E-state index in [1.165, 1.54) is 18.2 Å². The van der Waals surface area contributed by atoms with Gasteiger partial charge in [0.15, 0.2) is 0 Å². The van der Waals surface area contributed by atoms with Crippen LogP contribution in [0.5, 0.6) is 0 Å². The average Bonchev–Trinajstić information content (AvgIpc) is 2.45. The molecule has 1 aliphatic rings. The summed E-state index contributed by atoms with van der Waals surface area (Å²) in [4.78, 5) is 26.8. The summed E-state index contributed by atoms with van der Waals surface area (Å²) in [7, 11) is 0. The lowest BCUT2D eigenvalue weighted by Crippen LogP contribution is -2.55. The number of aliphatic hydroxyl groups excluding tert-OH is 1. The molecule has 1 amide bonds. The molecule has 1 aliphatic heterocycles. The molecular formula is C15H20ClN3O4. The molecule has 126 valence electrons. The van der Waals surface area contributed by atoms with Crippen molar-refractivity contribution >= 4 is 23.2 Å². The van der Waals surface area contributed by atoms with Crippen molar-refractivity contribution in [2.45, 2.75) is 26.0 Å². The number of hydrogen-bond acceptors (Lipinski definition) is 5. The summed E-state index contributed by atoms with van der Waals surface area (Å²) >= 11 is 5.88. The highest BCUT2D eigenvalue weighted by Gasteiger charge is 2.29. The van der Waals surface area contributed by atoms with E-state index < -0.39 is 11.0 Å². The van der Waals surface area contributed by atoms with Gasteiger partial charge >= 0.3 is 0 Å². The number of nitro benzene ring substituents is 1. The number of carbonyl (C=O) groups excluding carboxylic acids is 1. The topological polar surface area (TPSA) is 86.9 Å². The number of aliphatic hydroxyl groups is 1. The number of non-ortho nitro benzene ring substituents is 1. The summed E-state index contributed by atoms with van der Waals surface area (Å²) in [5.74, 6) is -0.264. The minimum Gasteiger partial charge on any atom is -0.392 e. The Labute approximate surface area is 139 Å². The number of amides is 1. The zero-order chi connectivity index (χ0) is 17.1. The molecule has 0 aromatic heterocycles. The third kappa shape index (κ3) is 4.40. The monoisotopic (exact) mass is 341 g/mol. The first-order chi connectivity index (χ1) is 10.8. The first kappa shape index (κ1) is 17.7. The Bertz CT molecular complexity index is 608. The molecule has 0 radical (unpaired) electrons. The number of benzene rings is 1. The summed E-state index contributed by atoms with van der Waals surface area (Å²) < 4.78 is 0. The molecule has 0 aliphatic carbocycles. The predicted molar refractivity (Wildman–Crippen MR) is 86.7 cm³/mol. The molecule has 2 atom stereocenters. The van der Waals surface area contributed by atoms with Gasteiger partial charge in [-0.15, -0.1) is 0 Å². The second-order valence-electron chi connectivity index (χ2n) is 5.91. The van der Waals surface area contributed by atoms with Crippen molar-refractivity contribution in [2.24, 2.45) is 0 Å². The van der Waals surface area contributed by atoms with E-state index in [4.69, 9.17) is 11.6 Å². The van der Waals surface area contributed by atoms with E-state index in [-0.39, 0.29) is 28.2 Å². The molecule has 1 N–H and O–H groups in total. The zero-order valence-electron chi connectivity index (χ0n) is 13.1. The van der Waals surface area contributed by atoms with Crippen LogP contribution in [-0.4, -0.2) is 64.1 Å². The first-order valence-electron chi connectivity index (χ1n) is 7.44. The number of nitrogens with zero attached hydrogens (tertiary/aromatic N) is 3. The molecule has 0 saturated carbocycles. The number of halogens is 1. The number of nitro groups is 1. The Morgan fingerprint density at radius 3 is 2.74 bits per heavy atom. The van der Waals surface area contributed by atoms with E-state index in [9.17, 15) is 20.0 Å². The zero-order valence-corrected chi connectivity index (χ0v) is 13.9. The van der Waals surface area contributed by atoms with E-state index in [1.807, 2.05) is 6.92 Å². The summed E-state index contributed by atoms with van der Waals surface area (Å²) in [6.07, 6.45) is -0.417. The van der Waals surface area contributed by atoms with Crippen LogP contribution in [0, 0.1) is 10.1 Å². The van der Waals surface area contributed by atoms with Crippen LogP contribution in [0.1, 0.15) is 24.2 Å². The van der Waals surface area contributed by atoms with Crippen molar-refractivity contribution in [1.82, 2.24) is 9.80 Å². The van der Waals surface area contributed by atoms with Crippen LogP contribution in [0.25, 0.3) is 0 Å². The number of β-amino-alcohol motifs (C(OH)–C–C–N with tert-alkyl or cyclic N) is 1. The molecule has 1 aromatic rings. The predicted octanol–water partition coefficient (Wildman–Crippen LogP) is 1.78. The Morgan fingerprint density at radius 1 is 1.48 bits per heavy atom. The lowest BCUT2D eigenvalue weighted by Gasteiger charge is -2.40. The molecule has 1 aromatic carbocycles. The molecular weight excluding hydrogens is 322 g/mol. The molecule has 8 heteroatoms. The molecule has 1 saturated heterocycles. The highest BCUT2D eigenvalue weighted by molar-refractivity contribution is 6.31. The van der Waals surface area contributed by atoms with Gasteiger partial charge in [-0.3, -0.25) is 19.8 Å². The van der Waals surface area contributed by atoms with Crippen LogP contribution in [-0.2, 0) is 0 Å². The van der Waals surface area contributed by atoms with Gasteiger partial charge < -0.3 is 10.0 Å². The quantitative estimate of drug-likeness (QED) is 0.666. The van der Waals surface area contributed by atoms with Crippen molar-refractivity contribution in [2.75, 3.05) is 26.2 Å². The van der Waals surface area contributed by atoms with Crippen LogP contribution in [0.4, 0.5) is 5.69 Å². The van der Waals surface area contributed by atoms with Gasteiger partial charge in [-0.25, -0.2) is 0 Å². The molecule has 1 fully saturated rings. The highest BCUT2D eigenvalue weighted by atomic mass is 35.5. The van der Waals surface area contributed by atoms with Crippen LogP contribution in [0.2, 0.25) is 5.02 Å². The van der Waals surface area contributed by atoms with Gasteiger partial charge in [-0.2, -0.15) is 0 Å². The average molecular weight is 342 g/mol. The van der Waals surface area contributed by atoms with Gasteiger partial charge in [0.2, 0.25) is 0 Å².